The Kier molecular flexibility index (Phi) is 4.20. The van der Waals surface area contributed by atoms with E-state index in [-0.39, 0.29) is 12.0 Å². The van der Waals surface area contributed by atoms with Crippen LogP contribution >= 0.6 is 0 Å². The number of fused-ring (bicyclic) bond motifs is 1. The molecule has 0 amide bonds. The third-order valence-electron chi connectivity index (χ3n) is 3.87. The zero-order chi connectivity index (χ0) is 14.7. The molecule has 0 spiro atoms. The van der Waals surface area contributed by atoms with Gasteiger partial charge in [0, 0.05) is 5.56 Å². The standard InChI is InChI=1S/C16H21N3O2/c1-3-13(17-4-2)16-19-18-15(21-16)12-9-10-20-14-8-6-5-7-11(12)14/h5-8,12-13,17H,3-4,9-10H2,1-2H3. The Morgan fingerprint density at radius 1 is 1.29 bits per heavy atom. The van der Waals surface area contributed by atoms with Crippen LogP contribution < -0.4 is 10.1 Å². The lowest BCUT2D eigenvalue weighted by molar-refractivity contribution is 0.261. The van der Waals surface area contributed by atoms with Crippen molar-refractivity contribution in [1.29, 1.82) is 0 Å². The van der Waals surface area contributed by atoms with E-state index in [1.165, 1.54) is 0 Å². The Balaban J connectivity index is 1.87. The molecule has 2 heterocycles. The molecule has 2 aromatic rings. The largest absolute Gasteiger partial charge is 0.493 e. The number of ether oxygens (including phenoxy) is 1. The monoisotopic (exact) mass is 287 g/mol. The summed E-state index contributed by atoms with van der Waals surface area (Å²) in [6.45, 7) is 5.76. The Morgan fingerprint density at radius 2 is 2.14 bits per heavy atom. The molecule has 0 fully saturated rings. The van der Waals surface area contributed by atoms with Crippen molar-refractivity contribution >= 4 is 0 Å². The van der Waals surface area contributed by atoms with Crippen molar-refractivity contribution in [2.24, 2.45) is 0 Å². The number of hydrogen-bond acceptors (Lipinski definition) is 5. The first-order chi connectivity index (χ1) is 10.3. The third kappa shape index (κ3) is 2.78. The molecule has 0 radical (unpaired) electrons. The smallest absolute Gasteiger partial charge is 0.233 e. The van der Waals surface area contributed by atoms with Crippen LogP contribution in [0.15, 0.2) is 28.7 Å². The van der Waals surface area contributed by atoms with Crippen LogP contribution in [0.1, 0.15) is 56.0 Å². The van der Waals surface area contributed by atoms with Gasteiger partial charge in [0.15, 0.2) is 0 Å². The molecule has 112 valence electrons. The first-order valence-electron chi connectivity index (χ1n) is 7.61. The molecule has 5 nitrogen and oxygen atoms in total. The average Bonchev–Trinajstić information content (AvgIpc) is 3.01. The fraction of sp³-hybridized carbons (Fsp3) is 0.500. The molecule has 1 aliphatic rings. The summed E-state index contributed by atoms with van der Waals surface area (Å²) in [7, 11) is 0. The van der Waals surface area contributed by atoms with Crippen molar-refractivity contribution in [3.63, 3.8) is 0 Å². The van der Waals surface area contributed by atoms with Crippen LogP contribution in [-0.2, 0) is 0 Å². The molecule has 0 saturated heterocycles. The number of hydrogen-bond donors (Lipinski definition) is 1. The highest BCUT2D eigenvalue weighted by atomic mass is 16.5. The van der Waals surface area contributed by atoms with Gasteiger partial charge in [0.25, 0.3) is 0 Å². The third-order valence-corrected chi connectivity index (χ3v) is 3.87. The number of para-hydroxylation sites is 1. The van der Waals surface area contributed by atoms with Gasteiger partial charge in [-0.25, -0.2) is 0 Å². The van der Waals surface area contributed by atoms with Crippen molar-refractivity contribution in [2.75, 3.05) is 13.2 Å². The molecule has 3 rings (SSSR count). The molecule has 21 heavy (non-hydrogen) atoms. The highest BCUT2D eigenvalue weighted by Crippen LogP contribution is 2.37. The average molecular weight is 287 g/mol. The molecule has 0 bridgehead atoms. The number of nitrogens with zero attached hydrogens (tertiary/aromatic N) is 2. The summed E-state index contributed by atoms with van der Waals surface area (Å²) in [4.78, 5) is 0. The Hall–Kier alpha value is -1.88. The summed E-state index contributed by atoms with van der Waals surface area (Å²) < 4.78 is 11.6. The summed E-state index contributed by atoms with van der Waals surface area (Å²) in [5.41, 5.74) is 1.13. The molecule has 1 N–H and O–H groups in total. The summed E-state index contributed by atoms with van der Waals surface area (Å²) in [6.07, 6.45) is 1.80. The molecule has 2 atom stereocenters. The molecule has 0 aliphatic carbocycles. The minimum Gasteiger partial charge on any atom is -0.493 e. The molecule has 0 saturated carbocycles. The Bertz CT molecular complexity index is 597. The SMILES string of the molecule is CCNC(CC)c1nnc(C2CCOc3ccccc32)o1. The molecule has 1 aromatic heterocycles. The van der Waals surface area contributed by atoms with Crippen LogP contribution in [0.25, 0.3) is 0 Å². The van der Waals surface area contributed by atoms with E-state index >= 15 is 0 Å². The number of rotatable bonds is 5. The fourth-order valence-electron chi connectivity index (χ4n) is 2.78. The van der Waals surface area contributed by atoms with Crippen LogP contribution in [0.2, 0.25) is 0 Å². The van der Waals surface area contributed by atoms with Crippen LogP contribution in [-0.4, -0.2) is 23.3 Å². The maximum atomic E-state index is 5.95. The normalized spacial score (nSPS) is 18.9. The number of aromatic nitrogens is 2. The van der Waals surface area contributed by atoms with Gasteiger partial charge in [-0.1, -0.05) is 32.0 Å². The minimum atomic E-state index is 0.131. The van der Waals surface area contributed by atoms with Crippen molar-refractivity contribution in [1.82, 2.24) is 15.5 Å². The Morgan fingerprint density at radius 3 is 2.95 bits per heavy atom. The maximum absolute atomic E-state index is 5.95. The second-order valence-corrected chi connectivity index (χ2v) is 5.22. The molecule has 2 unspecified atom stereocenters. The van der Waals surface area contributed by atoms with Gasteiger partial charge in [0.05, 0.1) is 18.6 Å². The second kappa shape index (κ2) is 6.26. The van der Waals surface area contributed by atoms with Gasteiger partial charge in [-0.3, -0.25) is 0 Å². The van der Waals surface area contributed by atoms with Gasteiger partial charge in [-0.2, -0.15) is 0 Å². The van der Waals surface area contributed by atoms with Crippen molar-refractivity contribution in [3.8, 4) is 5.75 Å². The van der Waals surface area contributed by atoms with Gasteiger partial charge in [0.2, 0.25) is 11.8 Å². The number of benzene rings is 1. The lowest BCUT2D eigenvalue weighted by atomic mass is 9.93. The molecule has 5 heteroatoms. The van der Waals surface area contributed by atoms with E-state index in [1.807, 2.05) is 18.2 Å². The maximum Gasteiger partial charge on any atom is 0.233 e. The van der Waals surface area contributed by atoms with E-state index in [4.69, 9.17) is 9.15 Å². The fourth-order valence-corrected chi connectivity index (χ4v) is 2.78. The van der Waals surface area contributed by atoms with E-state index in [9.17, 15) is 0 Å². The van der Waals surface area contributed by atoms with Crippen molar-refractivity contribution < 1.29 is 9.15 Å². The highest BCUT2D eigenvalue weighted by Gasteiger charge is 2.28. The second-order valence-electron chi connectivity index (χ2n) is 5.22. The van der Waals surface area contributed by atoms with Crippen LogP contribution in [0.4, 0.5) is 0 Å². The zero-order valence-corrected chi connectivity index (χ0v) is 12.5. The lowest BCUT2D eigenvalue weighted by Gasteiger charge is -2.23. The van der Waals surface area contributed by atoms with Crippen LogP contribution in [0, 0.1) is 0 Å². The van der Waals surface area contributed by atoms with Gasteiger partial charge < -0.3 is 14.5 Å². The van der Waals surface area contributed by atoms with E-state index in [0.29, 0.717) is 18.4 Å². The van der Waals surface area contributed by atoms with Crippen LogP contribution in [0.5, 0.6) is 5.75 Å². The van der Waals surface area contributed by atoms with E-state index in [1.54, 1.807) is 0 Å². The van der Waals surface area contributed by atoms with E-state index in [0.717, 1.165) is 30.7 Å². The highest BCUT2D eigenvalue weighted by molar-refractivity contribution is 5.40. The summed E-state index contributed by atoms with van der Waals surface area (Å²) in [5, 5.41) is 11.9. The zero-order valence-electron chi connectivity index (χ0n) is 12.5. The number of nitrogens with one attached hydrogen (secondary N) is 1. The van der Waals surface area contributed by atoms with Gasteiger partial charge in [-0.05, 0) is 25.5 Å². The molecule has 1 aromatic carbocycles. The van der Waals surface area contributed by atoms with Crippen molar-refractivity contribution in [3.05, 3.63) is 41.6 Å². The van der Waals surface area contributed by atoms with Gasteiger partial charge in [0.1, 0.15) is 5.75 Å². The van der Waals surface area contributed by atoms with Crippen molar-refractivity contribution in [2.45, 2.75) is 38.6 Å². The molecular formula is C16H21N3O2. The van der Waals surface area contributed by atoms with Gasteiger partial charge in [-0.15, -0.1) is 10.2 Å². The van der Waals surface area contributed by atoms with E-state index < -0.39 is 0 Å². The minimum absolute atomic E-state index is 0.131. The topological polar surface area (TPSA) is 60.2 Å². The first kappa shape index (κ1) is 14.1. The quantitative estimate of drug-likeness (QED) is 0.916. The van der Waals surface area contributed by atoms with E-state index in [2.05, 4.69) is 35.4 Å². The van der Waals surface area contributed by atoms with Gasteiger partial charge >= 0.3 is 0 Å². The Labute approximate surface area is 124 Å². The summed E-state index contributed by atoms with van der Waals surface area (Å²) in [6, 6.07) is 8.20. The van der Waals surface area contributed by atoms with Crippen LogP contribution in [0.3, 0.4) is 0 Å². The predicted octanol–water partition coefficient (Wildman–Crippen LogP) is 3.04. The summed E-state index contributed by atoms with van der Waals surface area (Å²) in [5.74, 6) is 2.43. The predicted molar refractivity (Wildman–Crippen MR) is 79.4 cm³/mol. The molecular weight excluding hydrogens is 266 g/mol. The molecule has 1 aliphatic heterocycles. The lowest BCUT2D eigenvalue weighted by Crippen LogP contribution is -2.20. The first-order valence-corrected chi connectivity index (χ1v) is 7.61. The summed E-state index contributed by atoms with van der Waals surface area (Å²) >= 11 is 0.